The highest BCUT2D eigenvalue weighted by atomic mass is 16.6. The van der Waals surface area contributed by atoms with Gasteiger partial charge in [-0.3, -0.25) is 9.59 Å². The van der Waals surface area contributed by atoms with Gasteiger partial charge in [0.1, 0.15) is 11.4 Å². The number of hydrogen-bond donors (Lipinski definition) is 0. The molecule has 1 saturated heterocycles. The van der Waals surface area contributed by atoms with Crippen LogP contribution in [0.15, 0.2) is 30.3 Å². The van der Waals surface area contributed by atoms with Gasteiger partial charge in [0.25, 0.3) is 0 Å². The fourth-order valence-corrected chi connectivity index (χ4v) is 3.22. The third kappa shape index (κ3) is 5.07. The second-order valence-corrected chi connectivity index (χ2v) is 7.77. The Morgan fingerprint density at radius 1 is 1.19 bits per heavy atom. The number of benzene rings is 1. The van der Waals surface area contributed by atoms with Gasteiger partial charge in [-0.25, -0.2) is 4.79 Å². The van der Waals surface area contributed by atoms with E-state index in [0.29, 0.717) is 13.0 Å². The molecule has 0 bridgehead atoms. The zero-order chi connectivity index (χ0) is 19.4. The number of hydrogen-bond acceptors (Lipinski definition) is 5. The minimum atomic E-state index is -0.996. The van der Waals surface area contributed by atoms with Crippen molar-refractivity contribution < 1.29 is 23.9 Å². The molecule has 1 heterocycles. The maximum atomic E-state index is 12.8. The largest absolute Gasteiger partial charge is 0.469 e. The van der Waals surface area contributed by atoms with Crippen LogP contribution in [0, 0.1) is 5.41 Å². The number of amides is 1. The molecule has 1 unspecified atom stereocenters. The highest BCUT2D eigenvalue weighted by molar-refractivity contribution is 5.91. The van der Waals surface area contributed by atoms with Gasteiger partial charge in [-0.2, -0.15) is 0 Å². The molecule has 0 saturated carbocycles. The molecular weight excluding hydrogens is 334 g/mol. The third-order valence-corrected chi connectivity index (χ3v) is 4.44. The fraction of sp³-hybridized carbons (Fsp3) is 0.550. The molecule has 0 spiro atoms. The van der Waals surface area contributed by atoms with E-state index in [0.717, 1.165) is 5.56 Å². The van der Waals surface area contributed by atoms with Crippen molar-refractivity contribution in [2.45, 2.75) is 45.6 Å². The van der Waals surface area contributed by atoms with Gasteiger partial charge in [-0.05, 0) is 32.8 Å². The molecule has 0 aliphatic carbocycles. The molecule has 1 aromatic carbocycles. The van der Waals surface area contributed by atoms with E-state index >= 15 is 0 Å². The summed E-state index contributed by atoms with van der Waals surface area (Å²) in [5.74, 6) is -0.480. The Labute approximate surface area is 154 Å². The predicted molar refractivity (Wildman–Crippen MR) is 96.6 cm³/mol. The van der Waals surface area contributed by atoms with Crippen LogP contribution in [-0.4, -0.2) is 48.5 Å². The standard InChI is InChI=1S/C20H27NO5/c1-19(2,3)26-18(24)21-11-10-16(22)20(14-21,13-17(23)25-4)12-15-8-6-5-7-9-15/h5-9H,10-14H2,1-4H3. The molecule has 142 valence electrons. The lowest BCUT2D eigenvalue weighted by molar-refractivity contribution is -0.150. The Hall–Kier alpha value is -2.37. The van der Waals surface area contributed by atoms with Crippen LogP contribution in [-0.2, 0) is 25.5 Å². The van der Waals surface area contributed by atoms with Crippen molar-refractivity contribution in [3.63, 3.8) is 0 Å². The van der Waals surface area contributed by atoms with E-state index in [2.05, 4.69) is 0 Å². The molecular formula is C20H27NO5. The predicted octanol–water partition coefficient (Wildman–Crippen LogP) is 2.99. The van der Waals surface area contributed by atoms with Crippen LogP contribution in [0.5, 0.6) is 0 Å². The summed E-state index contributed by atoms with van der Waals surface area (Å²) < 4.78 is 10.3. The zero-order valence-electron chi connectivity index (χ0n) is 15.9. The lowest BCUT2D eigenvalue weighted by atomic mass is 9.71. The van der Waals surface area contributed by atoms with Gasteiger partial charge in [0.2, 0.25) is 0 Å². The minimum Gasteiger partial charge on any atom is -0.469 e. The van der Waals surface area contributed by atoms with Gasteiger partial charge in [-0.15, -0.1) is 0 Å². The number of carbonyl (C=O) groups is 3. The van der Waals surface area contributed by atoms with E-state index in [4.69, 9.17) is 9.47 Å². The van der Waals surface area contributed by atoms with E-state index < -0.39 is 23.1 Å². The summed E-state index contributed by atoms with van der Waals surface area (Å²) >= 11 is 0. The first kappa shape index (κ1) is 19.9. The molecule has 1 aromatic rings. The molecule has 1 atom stereocenters. The number of nitrogens with zero attached hydrogens (tertiary/aromatic N) is 1. The van der Waals surface area contributed by atoms with Gasteiger partial charge >= 0.3 is 12.1 Å². The average Bonchev–Trinajstić information content (AvgIpc) is 2.56. The molecule has 2 rings (SSSR count). The second kappa shape index (κ2) is 7.89. The van der Waals surface area contributed by atoms with Crippen LogP contribution in [0.25, 0.3) is 0 Å². The summed E-state index contributed by atoms with van der Waals surface area (Å²) in [6, 6.07) is 9.50. The Morgan fingerprint density at radius 3 is 2.42 bits per heavy atom. The van der Waals surface area contributed by atoms with Crippen molar-refractivity contribution >= 4 is 17.8 Å². The highest BCUT2D eigenvalue weighted by Gasteiger charge is 2.46. The molecule has 0 N–H and O–H groups in total. The van der Waals surface area contributed by atoms with Crippen LogP contribution in [0.1, 0.15) is 39.2 Å². The molecule has 0 aromatic heterocycles. The maximum Gasteiger partial charge on any atom is 0.410 e. The molecule has 1 aliphatic heterocycles. The van der Waals surface area contributed by atoms with Gasteiger partial charge in [-0.1, -0.05) is 30.3 Å². The first-order chi connectivity index (χ1) is 12.1. The van der Waals surface area contributed by atoms with Crippen LogP contribution in [0.3, 0.4) is 0 Å². The van der Waals surface area contributed by atoms with Gasteiger partial charge in [0.05, 0.1) is 18.9 Å². The van der Waals surface area contributed by atoms with Crippen molar-refractivity contribution in [2.24, 2.45) is 5.41 Å². The highest BCUT2D eigenvalue weighted by Crippen LogP contribution is 2.35. The van der Waals surface area contributed by atoms with E-state index in [-0.39, 0.29) is 25.2 Å². The maximum absolute atomic E-state index is 12.8. The number of ether oxygens (including phenoxy) is 2. The van der Waals surface area contributed by atoms with Crippen LogP contribution in [0.4, 0.5) is 4.79 Å². The Balaban J connectivity index is 2.29. The third-order valence-electron chi connectivity index (χ3n) is 4.44. The van der Waals surface area contributed by atoms with Crippen molar-refractivity contribution in [2.75, 3.05) is 20.2 Å². The first-order valence-electron chi connectivity index (χ1n) is 8.77. The number of Topliss-reactive ketones (excluding diaryl/α,β-unsaturated/α-hetero) is 1. The Bertz CT molecular complexity index is 665. The monoisotopic (exact) mass is 361 g/mol. The van der Waals surface area contributed by atoms with Crippen LogP contribution < -0.4 is 0 Å². The number of likely N-dealkylation sites (tertiary alicyclic amines) is 1. The smallest absolute Gasteiger partial charge is 0.410 e. The van der Waals surface area contributed by atoms with E-state index in [1.807, 2.05) is 30.3 Å². The van der Waals surface area contributed by atoms with E-state index in [9.17, 15) is 14.4 Å². The topological polar surface area (TPSA) is 72.9 Å². The van der Waals surface area contributed by atoms with E-state index in [1.54, 1.807) is 20.8 Å². The summed E-state index contributed by atoms with van der Waals surface area (Å²) in [4.78, 5) is 38.9. The molecule has 1 fully saturated rings. The Kier molecular flexibility index (Phi) is 6.05. The SMILES string of the molecule is COC(=O)CC1(Cc2ccccc2)CN(C(=O)OC(C)(C)C)CCC1=O. The number of rotatable bonds is 4. The van der Waals surface area contributed by atoms with Crippen molar-refractivity contribution in [1.29, 1.82) is 0 Å². The molecule has 1 aliphatic rings. The molecule has 6 heteroatoms. The molecule has 1 amide bonds. The summed E-state index contributed by atoms with van der Waals surface area (Å²) in [6.45, 7) is 5.83. The van der Waals surface area contributed by atoms with Crippen LogP contribution in [0.2, 0.25) is 0 Å². The first-order valence-corrected chi connectivity index (χ1v) is 8.77. The molecule has 6 nitrogen and oxygen atoms in total. The molecule has 0 radical (unpaired) electrons. The fourth-order valence-electron chi connectivity index (χ4n) is 3.22. The Morgan fingerprint density at radius 2 is 1.85 bits per heavy atom. The number of methoxy groups -OCH3 is 1. The number of ketones is 1. The zero-order valence-corrected chi connectivity index (χ0v) is 15.9. The van der Waals surface area contributed by atoms with Crippen molar-refractivity contribution in [3.05, 3.63) is 35.9 Å². The van der Waals surface area contributed by atoms with Crippen LogP contribution >= 0.6 is 0 Å². The second-order valence-electron chi connectivity index (χ2n) is 7.77. The van der Waals surface area contributed by atoms with Gasteiger partial charge in [0.15, 0.2) is 0 Å². The summed E-state index contributed by atoms with van der Waals surface area (Å²) in [5.41, 5.74) is -0.678. The van der Waals surface area contributed by atoms with Crippen molar-refractivity contribution in [1.82, 2.24) is 4.90 Å². The number of piperidine rings is 1. The minimum absolute atomic E-state index is 0.0217. The average molecular weight is 361 g/mol. The van der Waals surface area contributed by atoms with E-state index in [1.165, 1.54) is 12.0 Å². The quantitative estimate of drug-likeness (QED) is 0.771. The molecule has 26 heavy (non-hydrogen) atoms. The van der Waals surface area contributed by atoms with Gasteiger partial charge < -0.3 is 14.4 Å². The van der Waals surface area contributed by atoms with Crippen molar-refractivity contribution in [3.8, 4) is 0 Å². The number of carbonyl (C=O) groups excluding carboxylic acids is 3. The summed E-state index contributed by atoms with van der Waals surface area (Å²) in [6.07, 6.45) is 0.0491. The van der Waals surface area contributed by atoms with Gasteiger partial charge in [0, 0.05) is 19.5 Å². The lowest BCUT2D eigenvalue weighted by Crippen LogP contribution is -2.54. The number of esters is 1. The summed E-state index contributed by atoms with van der Waals surface area (Å²) in [7, 11) is 1.30. The summed E-state index contributed by atoms with van der Waals surface area (Å²) in [5, 5.41) is 0. The normalized spacial score (nSPS) is 20.6. The lowest BCUT2D eigenvalue weighted by Gasteiger charge is -2.41.